The summed E-state index contributed by atoms with van der Waals surface area (Å²) in [7, 11) is 1.65. The Hall–Kier alpha value is -2.90. The molecule has 3 atom stereocenters. The molecule has 8 heteroatoms. The molecule has 0 aliphatic heterocycles. The lowest BCUT2D eigenvalue weighted by molar-refractivity contribution is -0.138. The van der Waals surface area contributed by atoms with Gasteiger partial charge in [0, 0.05) is 0 Å². The largest absolute Gasteiger partial charge is 0.497 e. The first kappa shape index (κ1) is 19.4. The zero-order valence-corrected chi connectivity index (χ0v) is 16.5. The van der Waals surface area contributed by atoms with Crippen molar-refractivity contribution in [2.45, 2.75) is 45.2 Å². The van der Waals surface area contributed by atoms with E-state index < -0.39 is 11.4 Å². The summed E-state index contributed by atoms with van der Waals surface area (Å²) in [6, 6.07) is 7.95. The monoisotopic (exact) mass is 398 g/mol. The van der Waals surface area contributed by atoms with E-state index >= 15 is 0 Å². The van der Waals surface area contributed by atoms with E-state index in [2.05, 4.69) is 21.7 Å². The maximum absolute atomic E-state index is 13.4. The van der Waals surface area contributed by atoms with Crippen molar-refractivity contribution < 1.29 is 19.4 Å². The second kappa shape index (κ2) is 7.85. The third kappa shape index (κ3) is 3.97. The highest BCUT2D eigenvalue weighted by Gasteiger charge is 2.55. The van der Waals surface area contributed by atoms with Crippen LogP contribution in [0.4, 0.5) is 0 Å². The van der Waals surface area contributed by atoms with Crippen LogP contribution in [0.5, 0.6) is 5.75 Å². The van der Waals surface area contributed by atoms with Crippen LogP contribution in [0, 0.1) is 17.3 Å². The Balaban J connectivity index is 1.49. The maximum Gasteiger partial charge on any atom is 0.325 e. The Morgan fingerprint density at radius 3 is 2.93 bits per heavy atom. The number of nitrogens with one attached hydrogen (secondary N) is 1. The lowest BCUT2D eigenvalue weighted by atomic mass is 9.68. The molecular formula is C21H26N4O4. The minimum absolute atomic E-state index is 0.0558. The second-order valence-electron chi connectivity index (χ2n) is 8.25. The normalized spacial score (nSPS) is 25.1. The first-order valence-electron chi connectivity index (χ1n) is 10.0. The molecule has 0 saturated heterocycles. The third-order valence-corrected chi connectivity index (χ3v) is 6.39. The van der Waals surface area contributed by atoms with Crippen molar-refractivity contribution in [2.75, 3.05) is 7.11 Å². The minimum Gasteiger partial charge on any atom is -0.497 e. The molecule has 2 bridgehead atoms. The first-order valence-corrected chi connectivity index (χ1v) is 10.0. The number of nitrogens with zero attached hydrogens (tertiary/aromatic N) is 3. The molecule has 2 N–H and O–H groups in total. The number of aromatic nitrogens is 3. The molecule has 1 aromatic carbocycles. The highest BCUT2D eigenvalue weighted by atomic mass is 16.5. The van der Waals surface area contributed by atoms with Gasteiger partial charge in [0.25, 0.3) is 0 Å². The number of ether oxygens (including phenoxy) is 1. The van der Waals surface area contributed by atoms with Crippen LogP contribution in [0.3, 0.4) is 0 Å². The van der Waals surface area contributed by atoms with Crippen molar-refractivity contribution >= 4 is 11.9 Å². The molecule has 1 heterocycles. The Kier molecular flexibility index (Phi) is 5.25. The molecule has 2 saturated carbocycles. The second-order valence-corrected chi connectivity index (χ2v) is 8.25. The van der Waals surface area contributed by atoms with Crippen LogP contribution in [0.25, 0.3) is 0 Å². The van der Waals surface area contributed by atoms with Gasteiger partial charge in [-0.2, -0.15) is 0 Å². The van der Waals surface area contributed by atoms with Gasteiger partial charge in [-0.3, -0.25) is 9.59 Å². The predicted octanol–water partition coefficient (Wildman–Crippen LogP) is 2.04. The van der Waals surface area contributed by atoms with Crippen LogP contribution >= 0.6 is 0 Å². The molecule has 0 spiro atoms. The van der Waals surface area contributed by atoms with E-state index in [1.165, 1.54) is 11.1 Å². The number of carboxylic acids is 1. The molecule has 2 fully saturated rings. The van der Waals surface area contributed by atoms with Crippen LogP contribution < -0.4 is 10.1 Å². The summed E-state index contributed by atoms with van der Waals surface area (Å²) in [5.74, 6) is 0.885. The van der Waals surface area contributed by atoms with Crippen molar-refractivity contribution in [1.82, 2.24) is 20.3 Å². The SMILES string of the molecule is COc1cccc(CC2(C(=O)NCc3cn(CC(=O)O)nn3)CC3CCC2C3)c1. The van der Waals surface area contributed by atoms with E-state index in [-0.39, 0.29) is 19.0 Å². The number of carbonyl (C=O) groups excluding carboxylic acids is 1. The van der Waals surface area contributed by atoms with Gasteiger partial charge in [0.2, 0.25) is 5.91 Å². The summed E-state index contributed by atoms with van der Waals surface area (Å²) in [4.78, 5) is 24.2. The van der Waals surface area contributed by atoms with Crippen molar-refractivity contribution in [3.05, 3.63) is 41.7 Å². The molecule has 1 aromatic heterocycles. The quantitative estimate of drug-likeness (QED) is 0.705. The molecule has 2 aliphatic rings. The molecule has 29 heavy (non-hydrogen) atoms. The lowest BCUT2D eigenvalue weighted by Gasteiger charge is -2.36. The Bertz CT molecular complexity index is 912. The summed E-state index contributed by atoms with van der Waals surface area (Å²) in [6.45, 7) is 0.000177. The van der Waals surface area contributed by atoms with Crippen LogP contribution in [0.1, 0.15) is 36.9 Å². The molecule has 0 radical (unpaired) electrons. The number of aliphatic carboxylic acids is 1. The maximum atomic E-state index is 13.4. The summed E-state index contributed by atoms with van der Waals surface area (Å²) < 4.78 is 6.61. The van der Waals surface area contributed by atoms with Crippen LogP contribution in [-0.2, 0) is 29.1 Å². The van der Waals surface area contributed by atoms with Gasteiger partial charge in [-0.1, -0.05) is 23.8 Å². The van der Waals surface area contributed by atoms with E-state index in [1.54, 1.807) is 13.3 Å². The number of methoxy groups -OCH3 is 1. The van der Waals surface area contributed by atoms with Gasteiger partial charge in [0.1, 0.15) is 18.0 Å². The Labute approximate surface area is 169 Å². The number of benzene rings is 1. The topological polar surface area (TPSA) is 106 Å². The van der Waals surface area contributed by atoms with Crippen LogP contribution in [-0.4, -0.2) is 39.1 Å². The van der Waals surface area contributed by atoms with E-state index in [0.717, 1.165) is 30.6 Å². The van der Waals surface area contributed by atoms with Gasteiger partial charge < -0.3 is 15.2 Å². The number of hydrogen-bond acceptors (Lipinski definition) is 5. The smallest absolute Gasteiger partial charge is 0.325 e. The Morgan fingerprint density at radius 1 is 1.38 bits per heavy atom. The lowest BCUT2D eigenvalue weighted by Crippen LogP contribution is -2.46. The molecule has 3 unspecified atom stereocenters. The van der Waals surface area contributed by atoms with Gasteiger partial charge in [-0.15, -0.1) is 5.10 Å². The van der Waals surface area contributed by atoms with E-state index in [1.807, 2.05) is 18.2 Å². The van der Waals surface area contributed by atoms with Crippen molar-refractivity contribution in [1.29, 1.82) is 0 Å². The fraction of sp³-hybridized carbons (Fsp3) is 0.524. The van der Waals surface area contributed by atoms with E-state index in [4.69, 9.17) is 9.84 Å². The minimum atomic E-state index is -0.982. The van der Waals surface area contributed by atoms with Crippen LogP contribution in [0.2, 0.25) is 0 Å². The standard InChI is InChI=1S/C21H26N4O4/c1-29-18-4-2-3-14(8-18)9-21(10-15-5-6-16(21)7-15)20(28)22-11-17-12-25(24-23-17)13-19(26)27/h2-4,8,12,15-16H,5-7,9-11,13H2,1H3,(H,22,28)(H,26,27). The van der Waals surface area contributed by atoms with Gasteiger partial charge in [-0.05, 0) is 55.2 Å². The summed E-state index contributed by atoms with van der Waals surface area (Å²) in [5.41, 5.74) is 1.26. The van der Waals surface area contributed by atoms with Gasteiger partial charge in [0.15, 0.2) is 0 Å². The number of hydrogen-bond donors (Lipinski definition) is 2. The predicted molar refractivity (Wildman–Crippen MR) is 104 cm³/mol. The highest BCUT2D eigenvalue weighted by Crippen LogP contribution is 2.57. The molecule has 4 rings (SSSR count). The molecular weight excluding hydrogens is 372 g/mol. The van der Waals surface area contributed by atoms with E-state index in [9.17, 15) is 9.59 Å². The van der Waals surface area contributed by atoms with Crippen molar-refractivity contribution in [3.8, 4) is 5.75 Å². The average molecular weight is 398 g/mol. The third-order valence-electron chi connectivity index (χ3n) is 6.39. The molecule has 2 aliphatic carbocycles. The average Bonchev–Trinajstić information content (AvgIpc) is 3.42. The zero-order valence-electron chi connectivity index (χ0n) is 16.5. The molecule has 154 valence electrons. The molecule has 8 nitrogen and oxygen atoms in total. The van der Waals surface area contributed by atoms with E-state index in [0.29, 0.717) is 24.0 Å². The van der Waals surface area contributed by atoms with Crippen molar-refractivity contribution in [2.24, 2.45) is 17.3 Å². The fourth-order valence-corrected chi connectivity index (χ4v) is 5.15. The Morgan fingerprint density at radius 2 is 2.24 bits per heavy atom. The highest BCUT2D eigenvalue weighted by molar-refractivity contribution is 5.84. The zero-order chi connectivity index (χ0) is 20.4. The number of carbonyl (C=O) groups is 2. The first-order chi connectivity index (χ1) is 14.0. The molecule has 1 amide bonds. The number of rotatable bonds is 8. The summed E-state index contributed by atoms with van der Waals surface area (Å²) in [6.07, 6.45) is 6.59. The summed E-state index contributed by atoms with van der Waals surface area (Å²) >= 11 is 0. The van der Waals surface area contributed by atoms with Crippen molar-refractivity contribution in [3.63, 3.8) is 0 Å². The number of carboxylic acid groups (broad SMARTS) is 1. The fourth-order valence-electron chi connectivity index (χ4n) is 5.15. The van der Waals surface area contributed by atoms with Gasteiger partial charge >= 0.3 is 5.97 Å². The molecule has 2 aromatic rings. The summed E-state index contributed by atoms with van der Waals surface area (Å²) in [5, 5.41) is 19.6. The van der Waals surface area contributed by atoms with Gasteiger partial charge in [-0.25, -0.2) is 4.68 Å². The number of amides is 1. The van der Waals surface area contributed by atoms with Gasteiger partial charge in [0.05, 0.1) is 25.3 Å². The number of fused-ring (bicyclic) bond motifs is 2. The van der Waals surface area contributed by atoms with Crippen LogP contribution in [0.15, 0.2) is 30.5 Å².